The Morgan fingerprint density at radius 2 is 2.11 bits per heavy atom. The Morgan fingerprint density at radius 3 is 2.78 bits per heavy atom. The molecule has 0 saturated carbocycles. The smallest absolute Gasteiger partial charge is 0.328 e. The Labute approximate surface area is 169 Å². The third-order valence-corrected chi connectivity index (χ3v) is 5.72. The molecule has 0 bridgehead atoms. The number of aromatic nitrogens is 2. The Bertz CT molecular complexity index is 953. The number of nitrogens with zero attached hydrogens (tertiary/aromatic N) is 2. The summed E-state index contributed by atoms with van der Waals surface area (Å²) in [5, 5.41) is 5.15. The van der Waals surface area contributed by atoms with Crippen molar-refractivity contribution in [2.24, 2.45) is 0 Å². The maximum atomic E-state index is 12.7. The van der Waals surface area contributed by atoms with Gasteiger partial charge in [0, 0.05) is 22.2 Å². The molecule has 1 atom stereocenters. The largest absolute Gasteiger partial charge is 0.467 e. The molecule has 0 saturated heterocycles. The molecule has 1 aromatic carbocycles. The maximum Gasteiger partial charge on any atom is 0.328 e. The van der Waals surface area contributed by atoms with Crippen LogP contribution < -0.4 is 5.32 Å². The van der Waals surface area contributed by atoms with E-state index in [1.165, 1.54) is 18.4 Å². The van der Waals surface area contributed by atoms with E-state index in [9.17, 15) is 9.59 Å². The lowest BCUT2D eigenvalue weighted by molar-refractivity contribution is -0.142. The van der Waals surface area contributed by atoms with E-state index in [2.05, 4.69) is 10.3 Å². The van der Waals surface area contributed by atoms with Crippen molar-refractivity contribution in [1.82, 2.24) is 14.7 Å². The number of fused-ring (bicyclic) bond motifs is 1. The molecule has 3 aromatic rings. The van der Waals surface area contributed by atoms with Gasteiger partial charge < -0.3 is 10.1 Å². The standard InChI is InChI=1S/C18H18ClN3O3S2/c1-25-17(24)13(7-8-26-2)20-16(23)15-10-27-18-21-14(9-22(15)18)11-3-5-12(19)6-4-11/h3-6,9-10,13H,7-8H2,1-2H3,(H,20,23)/t13-/m1/s1. The number of imidazole rings is 1. The fraction of sp³-hybridized carbons (Fsp3) is 0.278. The van der Waals surface area contributed by atoms with Gasteiger partial charge in [-0.1, -0.05) is 23.7 Å². The first-order valence-corrected chi connectivity index (χ1v) is 10.8. The van der Waals surface area contributed by atoms with Crippen molar-refractivity contribution in [2.75, 3.05) is 19.1 Å². The van der Waals surface area contributed by atoms with Gasteiger partial charge in [0.1, 0.15) is 11.7 Å². The first kappa shape index (κ1) is 19.7. The molecule has 9 heteroatoms. The zero-order valence-electron chi connectivity index (χ0n) is 14.8. The van der Waals surface area contributed by atoms with Gasteiger partial charge in [-0.25, -0.2) is 9.78 Å². The highest BCUT2D eigenvalue weighted by Gasteiger charge is 2.24. The summed E-state index contributed by atoms with van der Waals surface area (Å²) in [4.78, 5) is 29.9. The van der Waals surface area contributed by atoms with E-state index in [1.807, 2.05) is 18.4 Å². The summed E-state index contributed by atoms with van der Waals surface area (Å²) in [5.41, 5.74) is 2.09. The van der Waals surface area contributed by atoms with E-state index in [4.69, 9.17) is 16.3 Å². The van der Waals surface area contributed by atoms with Crippen molar-refractivity contribution in [2.45, 2.75) is 12.5 Å². The van der Waals surface area contributed by atoms with Crippen LogP contribution in [0.25, 0.3) is 16.2 Å². The molecule has 0 radical (unpaired) electrons. The Hall–Kier alpha value is -2.03. The van der Waals surface area contributed by atoms with Crippen LogP contribution in [0.4, 0.5) is 0 Å². The summed E-state index contributed by atoms with van der Waals surface area (Å²) in [7, 11) is 1.32. The predicted molar refractivity (Wildman–Crippen MR) is 110 cm³/mol. The Kier molecular flexibility index (Phi) is 6.41. The molecule has 0 aliphatic rings. The van der Waals surface area contributed by atoms with Gasteiger partial charge in [-0.2, -0.15) is 11.8 Å². The molecular formula is C18H18ClN3O3S2. The number of nitrogens with one attached hydrogen (secondary N) is 1. The number of thiazole rings is 1. The molecule has 3 rings (SSSR count). The number of methoxy groups -OCH3 is 1. The second-order valence-corrected chi connectivity index (χ2v) is 8.00. The van der Waals surface area contributed by atoms with Crippen LogP contribution in [0.1, 0.15) is 16.9 Å². The number of amides is 1. The lowest BCUT2D eigenvalue weighted by atomic mass is 10.2. The topological polar surface area (TPSA) is 72.7 Å². The van der Waals surface area contributed by atoms with Gasteiger partial charge in [0.15, 0.2) is 4.96 Å². The normalized spacial score (nSPS) is 12.1. The van der Waals surface area contributed by atoms with Crippen molar-refractivity contribution in [3.63, 3.8) is 0 Å². The fourth-order valence-corrected chi connectivity index (χ4v) is 4.02. The zero-order valence-corrected chi connectivity index (χ0v) is 17.2. The van der Waals surface area contributed by atoms with E-state index in [-0.39, 0.29) is 5.91 Å². The summed E-state index contributed by atoms with van der Waals surface area (Å²) in [6, 6.07) is 6.67. The summed E-state index contributed by atoms with van der Waals surface area (Å²) in [6.45, 7) is 0. The lowest BCUT2D eigenvalue weighted by Gasteiger charge is -2.15. The van der Waals surface area contributed by atoms with Crippen LogP contribution in [-0.4, -0.2) is 46.4 Å². The van der Waals surface area contributed by atoms with Crippen molar-refractivity contribution < 1.29 is 14.3 Å². The third kappa shape index (κ3) is 4.45. The maximum absolute atomic E-state index is 12.7. The zero-order chi connectivity index (χ0) is 19.4. The van der Waals surface area contributed by atoms with E-state index >= 15 is 0 Å². The van der Waals surface area contributed by atoms with Crippen LogP contribution in [0.2, 0.25) is 5.02 Å². The van der Waals surface area contributed by atoms with Crippen molar-refractivity contribution >= 4 is 51.5 Å². The monoisotopic (exact) mass is 423 g/mol. The number of thioether (sulfide) groups is 1. The Morgan fingerprint density at radius 1 is 1.37 bits per heavy atom. The lowest BCUT2D eigenvalue weighted by Crippen LogP contribution is -2.42. The first-order valence-electron chi connectivity index (χ1n) is 8.13. The molecule has 2 aromatic heterocycles. The highest BCUT2D eigenvalue weighted by atomic mass is 35.5. The first-order chi connectivity index (χ1) is 13.0. The molecule has 27 heavy (non-hydrogen) atoms. The number of hydrogen-bond acceptors (Lipinski definition) is 6. The van der Waals surface area contributed by atoms with Crippen molar-refractivity contribution in [1.29, 1.82) is 0 Å². The van der Waals surface area contributed by atoms with E-state index in [0.29, 0.717) is 22.1 Å². The third-order valence-electron chi connectivity index (χ3n) is 3.98. The summed E-state index contributed by atoms with van der Waals surface area (Å²) >= 11 is 8.90. The van der Waals surface area contributed by atoms with Gasteiger partial charge in [-0.05, 0) is 30.6 Å². The molecule has 1 amide bonds. The number of ether oxygens (including phenoxy) is 1. The fourth-order valence-electron chi connectivity index (χ4n) is 2.57. The highest BCUT2D eigenvalue weighted by molar-refractivity contribution is 7.98. The van der Waals surface area contributed by atoms with Crippen LogP contribution in [-0.2, 0) is 9.53 Å². The average molecular weight is 424 g/mol. The van der Waals surface area contributed by atoms with Gasteiger partial charge in [-0.3, -0.25) is 9.20 Å². The second kappa shape index (κ2) is 8.77. The molecule has 0 aliphatic heterocycles. The number of benzene rings is 1. The molecule has 2 heterocycles. The van der Waals surface area contributed by atoms with Gasteiger partial charge in [0.25, 0.3) is 5.91 Å². The number of halogens is 1. The van der Waals surface area contributed by atoms with Crippen LogP contribution >= 0.6 is 34.7 Å². The molecular weight excluding hydrogens is 406 g/mol. The second-order valence-electron chi connectivity index (χ2n) is 5.74. The SMILES string of the molecule is COC(=O)[C@@H](CCSC)NC(=O)c1csc2nc(-c3ccc(Cl)cc3)cn12. The van der Waals surface area contributed by atoms with Crippen LogP contribution in [0.5, 0.6) is 0 Å². The number of esters is 1. The van der Waals surface area contributed by atoms with Gasteiger partial charge in [0.05, 0.1) is 12.8 Å². The van der Waals surface area contributed by atoms with Crippen molar-refractivity contribution in [3.05, 3.63) is 46.6 Å². The quantitative estimate of drug-likeness (QED) is 0.586. The van der Waals surface area contributed by atoms with E-state index in [1.54, 1.807) is 39.9 Å². The molecule has 0 unspecified atom stereocenters. The summed E-state index contributed by atoms with van der Waals surface area (Å²) in [6.07, 6.45) is 4.26. The number of rotatable bonds is 7. The van der Waals surface area contributed by atoms with Gasteiger partial charge >= 0.3 is 5.97 Å². The highest BCUT2D eigenvalue weighted by Crippen LogP contribution is 2.25. The number of carbonyl (C=O) groups excluding carboxylic acids is 2. The van der Waals surface area contributed by atoms with Crippen LogP contribution in [0.3, 0.4) is 0 Å². The molecule has 6 nitrogen and oxygen atoms in total. The summed E-state index contributed by atoms with van der Waals surface area (Å²) in [5.74, 6) is -0.0422. The van der Waals surface area contributed by atoms with E-state index < -0.39 is 12.0 Å². The van der Waals surface area contributed by atoms with E-state index in [0.717, 1.165) is 17.0 Å². The van der Waals surface area contributed by atoms with Crippen molar-refractivity contribution in [3.8, 4) is 11.3 Å². The predicted octanol–water partition coefficient (Wildman–Crippen LogP) is 3.74. The van der Waals surface area contributed by atoms with Crippen LogP contribution in [0, 0.1) is 0 Å². The molecule has 0 aliphatic carbocycles. The van der Waals surface area contributed by atoms with Gasteiger partial charge in [-0.15, -0.1) is 11.3 Å². The molecule has 1 N–H and O–H groups in total. The minimum absolute atomic E-state index is 0.335. The number of hydrogen-bond donors (Lipinski definition) is 1. The minimum Gasteiger partial charge on any atom is -0.467 e. The summed E-state index contributed by atoms with van der Waals surface area (Å²) < 4.78 is 6.53. The molecule has 142 valence electrons. The number of carbonyl (C=O) groups is 2. The van der Waals surface area contributed by atoms with Gasteiger partial charge in [0.2, 0.25) is 0 Å². The Balaban J connectivity index is 1.84. The molecule has 0 spiro atoms. The minimum atomic E-state index is -0.677. The molecule has 0 fully saturated rings. The average Bonchev–Trinajstić information content (AvgIpc) is 3.25. The van der Waals surface area contributed by atoms with Crippen LogP contribution in [0.15, 0.2) is 35.8 Å².